The number of oxazole rings is 1. The number of hydrogen-bond donors (Lipinski definition) is 0. The number of ether oxygens (including phenoxy) is 1. The van der Waals surface area contributed by atoms with Gasteiger partial charge in [0.15, 0.2) is 17.0 Å². The Balaban J connectivity index is 1.50. The molecule has 0 spiro atoms. The van der Waals surface area contributed by atoms with Gasteiger partial charge in [-0.05, 0) is 70.7 Å². The number of nitrogens with zero attached hydrogens (tertiary/aromatic N) is 6. The lowest BCUT2D eigenvalue weighted by atomic mass is 10.1. The van der Waals surface area contributed by atoms with Gasteiger partial charge in [0.25, 0.3) is 15.7 Å². The third kappa shape index (κ3) is 6.17. The third-order valence-corrected chi connectivity index (χ3v) is 11.7. The molecule has 45 heavy (non-hydrogen) atoms. The van der Waals surface area contributed by atoms with Crippen molar-refractivity contribution in [1.29, 1.82) is 0 Å². The highest BCUT2D eigenvalue weighted by Gasteiger charge is 2.40. The molecule has 1 atom stereocenters. The number of nitro groups is 1. The van der Waals surface area contributed by atoms with E-state index in [-0.39, 0.29) is 6.73 Å². The fourth-order valence-electron chi connectivity index (χ4n) is 5.51. The van der Waals surface area contributed by atoms with Crippen molar-refractivity contribution in [2.75, 3.05) is 10.9 Å². The molecule has 0 amide bonds. The molecular formula is C30H31BrN6O6SSi. The van der Waals surface area contributed by atoms with E-state index in [1.54, 1.807) is 35.3 Å². The van der Waals surface area contributed by atoms with Crippen LogP contribution in [0.15, 0.2) is 81.1 Å². The molecule has 0 saturated carbocycles. The molecule has 5 aromatic rings. The average molecular weight is 712 g/mol. The molecule has 6 rings (SSSR count). The van der Waals surface area contributed by atoms with Crippen LogP contribution in [-0.4, -0.2) is 47.8 Å². The average Bonchev–Trinajstić information content (AvgIpc) is 3.74. The molecule has 0 aliphatic heterocycles. The van der Waals surface area contributed by atoms with Crippen molar-refractivity contribution in [3.05, 3.63) is 93.2 Å². The molecule has 12 nitrogen and oxygen atoms in total. The smallest absolute Gasteiger partial charge is 0.289 e. The number of anilines is 1. The summed E-state index contributed by atoms with van der Waals surface area (Å²) in [4.78, 5) is 19.5. The molecule has 234 valence electrons. The first-order valence-corrected chi connectivity index (χ1v) is 20.3. The summed E-state index contributed by atoms with van der Waals surface area (Å²) in [6.45, 7) is 7.64. The lowest BCUT2D eigenvalue weighted by Crippen LogP contribution is -2.35. The van der Waals surface area contributed by atoms with Crippen molar-refractivity contribution in [2.45, 2.75) is 56.2 Å². The highest BCUT2D eigenvalue weighted by molar-refractivity contribution is 9.10. The molecule has 0 N–H and O–H groups in total. The van der Waals surface area contributed by atoms with E-state index in [9.17, 15) is 18.5 Å². The Morgan fingerprint density at radius 1 is 1.18 bits per heavy atom. The van der Waals surface area contributed by atoms with Crippen LogP contribution in [0, 0.1) is 10.1 Å². The number of pyridine rings is 1. The van der Waals surface area contributed by atoms with Gasteiger partial charge in [-0.3, -0.25) is 19.4 Å². The second-order valence-electron chi connectivity index (χ2n) is 12.0. The van der Waals surface area contributed by atoms with E-state index < -0.39 is 39.6 Å². The molecule has 3 heterocycles. The number of rotatable bonds is 11. The number of para-hydroxylation sites is 1. The van der Waals surface area contributed by atoms with Crippen molar-refractivity contribution < 1.29 is 22.5 Å². The Morgan fingerprint density at radius 2 is 1.98 bits per heavy atom. The van der Waals surface area contributed by atoms with E-state index in [1.807, 2.05) is 6.07 Å². The van der Waals surface area contributed by atoms with Crippen LogP contribution < -0.4 is 4.31 Å². The molecule has 0 fully saturated rings. The predicted octanol–water partition coefficient (Wildman–Crippen LogP) is 6.95. The SMILES string of the molecule is C[Si](C)(C)CCOCn1nc(-c2cnco2)c2cc(N(C3CCc4cc(Br)cnc43)S(=O)(=O)c3ccccc3[N+](=O)[O-])ccc21. The van der Waals surface area contributed by atoms with Crippen molar-refractivity contribution in [1.82, 2.24) is 19.7 Å². The number of nitro benzene ring substituents is 1. The molecule has 1 unspecified atom stereocenters. The number of aryl methyl sites for hydroxylation is 1. The van der Waals surface area contributed by atoms with Gasteiger partial charge in [-0.15, -0.1) is 0 Å². The van der Waals surface area contributed by atoms with Crippen molar-refractivity contribution in [3.63, 3.8) is 0 Å². The van der Waals surface area contributed by atoms with E-state index in [2.05, 4.69) is 45.5 Å². The van der Waals surface area contributed by atoms with Gasteiger partial charge in [0.1, 0.15) is 12.4 Å². The van der Waals surface area contributed by atoms with Crippen LogP contribution >= 0.6 is 15.9 Å². The van der Waals surface area contributed by atoms with Gasteiger partial charge < -0.3 is 9.15 Å². The zero-order chi connectivity index (χ0) is 31.9. The largest absolute Gasteiger partial charge is 0.442 e. The Morgan fingerprint density at radius 3 is 2.71 bits per heavy atom. The topological polar surface area (TPSA) is 146 Å². The van der Waals surface area contributed by atoms with Gasteiger partial charge in [0.05, 0.1) is 34.1 Å². The maximum absolute atomic E-state index is 14.6. The van der Waals surface area contributed by atoms with E-state index in [0.29, 0.717) is 53.2 Å². The second kappa shape index (κ2) is 12.1. The summed E-state index contributed by atoms with van der Waals surface area (Å²) < 4.78 is 44.5. The van der Waals surface area contributed by atoms with E-state index >= 15 is 0 Å². The second-order valence-corrected chi connectivity index (χ2v) is 20.4. The number of halogens is 1. The number of aromatic nitrogens is 4. The Bertz CT molecular complexity index is 1990. The molecule has 1 aliphatic rings. The summed E-state index contributed by atoms with van der Waals surface area (Å²) in [5, 5.41) is 17.3. The molecule has 0 radical (unpaired) electrons. The van der Waals surface area contributed by atoms with Crippen molar-refractivity contribution >= 4 is 56.3 Å². The Kier molecular flexibility index (Phi) is 8.37. The lowest BCUT2D eigenvalue weighted by molar-refractivity contribution is -0.387. The Labute approximate surface area is 269 Å². The van der Waals surface area contributed by atoms with Gasteiger partial charge in [0, 0.05) is 36.8 Å². The first-order chi connectivity index (χ1) is 21.4. The maximum Gasteiger partial charge on any atom is 0.289 e. The van der Waals surface area contributed by atoms with Gasteiger partial charge in [-0.1, -0.05) is 31.8 Å². The number of sulfonamides is 1. The molecular weight excluding hydrogens is 680 g/mol. The van der Waals surface area contributed by atoms with Crippen LogP contribution in [-0.2, 0) is 27.9 Å². The minimum Gasteiger partial charge on any atom is -0.442 e. The van der Waals surface area contributed by atoms with Crippen LogP contribution in [0.25, 0.3) is 22.4 Å². The van der Waals surface area contributed by atoms with Crippen molar-refractivity contribution in [2.24, 2.45) is 0 Å². The minimum absolute atomic E-state index is 0.196. The molecule has 0 bridgehead atoms. The highest BCUT2D eigenvalue weighted by Crippen LogP contribution is 2.44. The summed E-state index contributed by atoms with van der Waals surface area (Å²) >= 11 is 3.46. The van der Waals surface area contributed by atoms with Gasteiger partial charge in [-0.2, -0.15) is 5.10 Å². The number of benzene rings is 2. The fourth-order valence-corrected chi connectivity index (χ4v) is 8.45. The maximum atomic E-state index is 14.6. The molecule has 3 aromatic heterocycles. The van der Waals surface area contributed by atoms with E-state index in [0.717, 1.165) is 16.1 Å². The fraction of sp³-hybridized carbons (Fsp3) is 0.300. The first-order valence-electron chi connectivity index (χ1n) is 14.3. The molecule has 1 aliphatic carbocycles. The number of hydrogen-bond acceptors (Lipinski definition) is 9. The molecule has 15 heteroatoms. The lowest BCUT2D eigenvalue weighted by Gasteiger charge is -2.30. The van der Waals surface area contributed by atoms with Gasteiger partial charge >= 0.3 is 0 Å². The summed E-state index contributed by atoms with van der Waals surface area (Å²) in [5.41, 5.74) is 2.48. The standard InChI is InChI=1S/C30H31BrN6O6SSi/c1-45(2,3)13-12-42-19-35-24-11-9-22(15-23(24)30(34-35)27-17-32-18-43-27)36(26-10-8-20-14-21(31)16-33-29(20)26)44(40,41)28-7-5-4-6-25(28)37(38)39/h4-7,9,11,14-18,26H,8,10,12-13,19H2,1-3H3. The molecule has 0 saturated heterocycles. The Hall–Kier alpha value is -3.92. The monoisotopic (exact) mass is 710 g/mol. The van der Waals surface area contributed by atoms with Gasteiger partial charge in [0.2, 0.25) is 0 Å². The zero-order valence-corrected chi connectivity index (χ0v) is 28.3. The first kappa shape index (κ1) is 31.1. The van der Waals surface area contributed by atoms with Crippen LogP contribution in [0.1, 0.15) is 23.7 Å². The van der Waals surface area contributed by atoms with Crippen molar-refractivity contribution in [3.8, 4) is 11.5 Å². The molecule has 2 aromatic carbocycles. The number of fused-ring (bicyclic) bond motifs is 2. The zero-order valence-electron chi connectivity index (χ0n) is 24.9. The summed E-state index contributed by atoms with van der Waals surface area (Å²) in [5.74, 6) is 0.406. The quantitative estimate of drug-likeness (QED) is 0.0615. The van der Waals surface area contributed by atoms with E-state index in [1.165, 1.54) is 35.0 Å². The predicted molar refractivity (Wildman–Crippen MR) is 175 cm³/mol. The summed E-state index contributed by atoms with van der Waals surface area (Å²) in [6.07, 6.45) is 5.51. The normalized spacial score (nSPS) is 15.0. The van der Waals surface area contributed by atoms with E-state index in [4.69, 9.17) is 14.3 Å². The highest BCUT2D eigenvalue weighted by atomic mass is 79.9. The summed E-state index contributed by atoms with van der Waals surface area (Å²) in [7, 11) is -5.77. The van der Waals surface area contributed by atoms with Crippen LogP contribution in [0.2, 0.25) is 25.7 Å². The minimum atomic E-state index is -4.47. The third-order valence-electron chi connectivity index (χ3n) is 7.72. The van der Waals surface area contributed by atoms with Crippen LogP contribution in [0.4, 0.5) is 11.4 Å². The van der Waals surface area contributed by atoms with Gasteiger partial charge in [-0.25, -0.2) is 18.1 Å². The van der Waals surface area contributed by atoms with Crippen LogP contribution in [0.5, 0.6) is 0 Å². The summed E-state index contributed by atoms with van der Waals surface area (Å²) in [6, 6.07) is 12.8. The van der Waals surface area contributed by atoms with Crippen LogP contribution in [0.3, 0.4) is 0 Å².